The zero-order valence-electron chi connectivity index (χ0n) is 12.5. The van der Waals surface area contributed by atoms with Gasteiger partial charge in [0, 0.05) is 11.4 Å². The summed E-state index contributed by atoms with van der Waals surface area (Å²) in [7, 11) is 0. The van der Waals surface area contributed by atoms with Crippen LogP contribution in [-0.2, 0) is 6.54 Å². The van der Waals surface area contributed by atoms with E-state index in [9.17, 15) is 4.39 Å². The molecule has 0 aliphatic heterocycles. The third kappa shape index (κ3) is 6.98. The van der Waals surface area contributed by atoms with Gasteiger partial charge in [-0.3, -0.25) is 0 Å². The molecule has 0 radical (unpaired) electrons. The van der Waals surface area contributed by atoms with Gasteiger partial charge >= 0.3 is 0 Å². The minimum Gasteiger partial charge on any atom is -0.312 e. The zero-order valence-corrected chi connectivity index (χ0v) is 13.3. The number of nitrogens with one attached hydrogen (secondary N) is 1. The molecule has 0 aliphatic carbocycles. The molecule has 0 bridgehead atoms. The van der Waals surface area contributed by atoms with E-state index < -0.39 is 0 Å². The predicted octanol–water partition coefficient (Wildman–Crippen LogP) is 4.71. The van der Waals surface area contributed by atoms with Gasteiger partial charge in [-0.15, -0.1) is 11.8 Å². The van der Waals surface area contributed by atoms with Gasteiger partial charge in [0.05, 0.1) is 0 Å². The van der Waals surface area contributed by atoms with E-state index in [-0.39, 0.29) is 5.82 Å². The van der Waals surface area contributed by atoms with E-state index in [1.54, 1.807) is 17.8 Å². The lowest BCUT2D eigenvalue weighted by Crippen LogP contribution is -2.18. The fourth-order valence-electron chi connectivity index (χ4n) is 1.68. The second-order valence-corrected chi connectivity index (χ2v) is 6.96. The van der Waals surface area contributed by atoms with Crippen LogP contribution >= 0.6 is 11.8 Å². The van der Waals surface area contributed by atoms with E-state index in [2.05, 4.69) is 33.0 Å². The molecule has 0 spiro atoms. The number of rotatable bonds is 8. The molecular weight excluding hydrogens is 257 g/mol. The third-order valence-corrected chi connectivity index (χ3v) is 3.91. The molecule has 19 heavy (non-hydrogen) atoms. The standard InChI is InChI=1S/C16H26FNS/c1-12(2)7-8-19-16-6-5-14(9-15(16)17)11-18-10-13(3)4/h5-6,9,12-13,18H,7-8,10-11H2,1-4H3. The molecule has 3 heteroatoms. The average molecular weight is 283 g/mol. The average Bonchev–Trinajstić information content (AvgIpc) is 2.31. The SMILES string of the molecule is CC(C)CCSc1ccc(CNCC(C)C)cc1F. The first kappa shape index (κ1) is 16.5. The number of hydrogen-bond donors (Lipinski definition) is 1. The smallest absolute Gasteiger partial charge is 0.137 e. The fourth-order valence-corrected chi connectivity index (χ4v) is 2.85. The van der Waals surface area contributed by atoms with Crippen molar-refractivity contribution in [1.29, 1.82) is 0 Å². The topological polar surface area (TPSA) is 12.0 Å². The summed E-state index contributed by atoms with van der Waals surface area (Å²) in [5.41, 5.74) is 1.02. The second-order valence-electron chi connectivity index (χ2n) is 5.82. The summed E-state index contributed by atoms with van der Waals surface area (Å²) in [6, 6.07) is 5.59. The van der Waals surface area contributed by atoms with Crippen molar-refractivity contribution in [3.8, 4) is 0 Å². The van der Waals surface area contributed by atoms with E-state index in [0.717, 1.165) is 35.7 Å². The Bertz CT molecular complexity index is 377. The van der Waals surface area contributed by atoms with Crippen molar-refractivity contribution in [3.63, 3.8) is 0 Å². The van der Waals surface area contributed by atoms with Crippen molar-refractivity contribution in [2.75, 3.05) is 12.3 Å². The zero-order chi connectivity index (χ0) is 14.3. The van der Waals surface area contributed by atoms with Crippen molar-refractivity contribution in [1.82, 2.24) is 5.32 Å². The first-order valence-corrected chi connectivity index (χ1v) is 8.09. The van der Waals surface area contributed by atoms with Gasteiger partial charge in [0.1, 0.15) is 5.82 Å². The van der Waals surface area contributed by atoms with Crippen molar-refractivity contribution < 1.29 is 4.39 Å². The summed E-state index contributed by atoms with van der Waals surface area (Å²) in [6.07, 6.45) is 1.13. The van der Waals surface area contributed by atoms with Gasteiger partial charge in [0.15, 0.2) is 0 Å². The third-order valence-electron chi connectivity index (χ3n) is 2.83. The minimum absolute atomic E-state index is 0.0856. The van der Waals surface area contributed by atoms with Crippen molar-refractivity contribution >= 4 is 11.8 Å². The maximum atomic E-state index is 13.9. The predicted molar refractivity (Wildman–Crippen MR) is 83.1 cm³/mol. The quantitative estimate of drug-likeness (QED) is 0.693. The summed E-state index contributed by atoms with van der Waals surface area (Å²) in [6.45, 7) is 10.4. The molecule has 0 atom stereocenters. The van der Waals surface area contributed by atoms with Crippen LogP contribution in [0.1, 0.15) is 39.7 Å². The van der Waals surface area contributed by atoms with Crippen molar-refractivity contribution in [2.24, 2.45) is 11.8 Å². The number of hydrogen-bond acceptors (Lipinski definition) is 2. The van der Waals surface area contributed by atoms with Crippen LogP contribution in [0.5, 0.6) is 0 Å². The van der Waals surface area contributed by atoms with Crippen LogP contribution in [-0.4, -0.2) is 12.3 Å². The summed E-state index contributed by atoms with van der Waals surface area (Å²) < 4.78 is 13.9. The highest BCUT2D eigenvalue weighted by Crippen LogP contribution is 2.24. The Hall–Kier alpha value is -0.540. The molecule has 1 N–H and O–H groups in total. The van der Waals surface area contributed by atoms with Gasteiger partial charge in [-0.05, 0) is 48.3 Å². The van der Waals surface area contributed by atoms with Crippen LogP contribution in [0.15, 0.2) is 23.1 Å². The molecule has 1 nitrogen and oxygen atoms in total. The second kappa shape index (κ2) is 8.60. The van der Waals surface area contributed by atoms with Crippen LogP contribution in [0.25, 0.3) is 0 Å². The molecule has 0 aliphatic rings. The Morgan fingerprint density at radius 1 is 1.16 bits per heavy atom. The molecule has 0 aromatic heterocycles. The first-order chi connectivity index (χ1) is 8.99. The van der Waals surface area contributed by atoms with E-state index in [4.69, 9.17) is 0 Å². The van der Waals surface area contributed by atoms with Gasteiger partial charge < -0.3 is 5.32 Å². The van der Waals surface area contributed by atoms with Crippen molar-refractivity contribution in [2.45, 2.75) is 45.6 Å². The lowest BCUT2D eigenvalue weighted by molar-refractivity contribution is 0.548. The molecule has 0 saturated heterocycles. The van der Waals surface area contributed by atoms with E-state index >= 15 is 0 Å². The molecule has 0 heterocycles. The normalized spacial score (nSPS) is 11.5. The monoisotopic (exact) mass is 283 g/mol. The highest BCUT2D eigenvalue weighted by molar-refractivity contribution is 7.99. The van der Waals surface area contributed by atoms with Crippen LogP contribution in [0.3, 0.4) is 0 Å². The summed E-state index contributed by atoms with van der Waals surface area (Å²) >= 11 is 1.62. The molecule has 1 aromatic rings. The Morgan fingerprint density at radius 2 is 1.89 bits per heavy atom. The summed E-state index contributed by atoms with van der Waals surface area (Å²) in [5, 5.41) is 3.33. The Balaban J connectivity index is 2.45. The van der Waals surface area contributed by atoms with Crippen LogP contribution < -0.4 is 5.32 Å². The maximum Gasteiger partial charge on any atom is 0.137 e. The Labute approximate surface area is 121 Å². The molecule has 0 unspecified atom stereocenters. The molecule has 0 fully saturated rings. The molecule has 1 rings (SSSR count). The highest BCUT2D eigenvalue weighted by atomic mass is 32.2. The number of halogens is 1. The van der Waals surface area contributed by atoms with Gasteiger partial charge in [0.25, 0.3) is 0 Å². The van der Waals surface area contributed by atoms with Crippen molar-refractivity contribution in [3.05, 3.63) is 29.6 Å². The van der Waals surface area contributed by atoms with Crippen LogP contribution in [0.2, 0.25) is 0 Å². The molecule has 108 valence electrons. The summed E-state index contributed by atoms with van der Waals surface area (Å²) in [4.78, 5) is 0.772. The highest BCUT2D eigenvalue weighted by Gasteiger charge is 2.05. The van der Waals surface area contributed by atoms with Crippen LogP contribution in [0, 0.1) is 17.7 Å². The largest absolute Gasteiger partial charge is 0.312 e. The number of benzene rings is 1. The van der Waals surface area contributed by atoms with Gasteiger partial charge in [-0.25, -0.2) is 4.39 Å². The minimum atomic E-state index is -0.0856. The Morgan fingerprint density at radius 3 is 2.47 bits per heavy atom. The van der Waals surface area contributed by atoms with E-state index in [0.29, 0.717) is 11.8 Å². The van der Waals surface area contributed by atoms with Gasteiger partial charge in [0.2, 0.25) is 0 Å². The molecule has 0 saturated carbocycles. The Kier molecular flexibility index (Phi) is 7.47. The van der Waals surface area contributed by atoms with Crippen LogP contribution in [0.4, 0.5) is 4.39 Å². The molecular formula is C16H26FNS. The fraction of sp³-hybridized carbons (Fsp3) is 0.625. The summed E-state index contributed by atoms with van der Waals surface area (Å²) in [5.74, 6) is 2.20. The van der Waals surface area contributed by atoms with Gasteiger partial charge in [-0.2, -0.15) is 0 Å². The maximum absolute atomic E-state index is 13.9. The van der Waals surface area contributed by atoms with E-state index in [1.165, 1.54) is 0 Å². The molecule has 1 aromatic carbocycles. The lowest BCUT2D eigenvalue weighted by Gasteiger charge is -2.09. The van der Waals surface area contributed by atoms with Gasteiger partial charge in [-0.1, -0.05) is 33.8 Å². The van der Waals surface area contributed by atoms with E-state index in [1.807, 2.05) is 12.1 Å². The lowest BCUT2D eigenvalue weighted by atomic mass is 10.2. The number of thioether (sulfide) groups is 1. The molecule has 0 amide bonds. The first-order valence-electron chi connectivity index (χ1n) is 7.11.